The van der Waals surface area contributed by atoms with Gasteiger partial charge >= 0.3 is 0 Å². The molecule has 6 heteroatoms. The number of aromatic hydroxyl groups is 1. The maximum Gasteiger partial charge on any atom is 0.296 e. The average molecular weight is 238 g/mol. The fraction of sp³-hybridized carbons (Fsp3) is 0.364. The normalized spacial score (nSPS) is 11.0. The van der Waals surface area contributed by atoms with Crippen molar-refractivity contribution < 1.29 is 14.8 Å². The van der Waals surface area contributed by atoms with Crippen LogP contribution in [0.3, 0.4) is 0 Å². The Morgan fingerprint density at radius 1 is 1.41 bits per heavy atom. The Bertz CT molecular complexity index is 463. The molecule has 2 N–H and O–H groups in total. The van der Waals surface area contributed by atoms with Crippen LogP contribution < -0.4 is 5.32 Å². The van der Waals surface area contributed by atoms with Crippen molar-refractivity contribution in [3.63, 3.8) is 0 Å². The number of rotatable bonds is 2. The summed E-state index contributed by atoms with van der Waals surface area (Å²) in [5, 5.41) is 22.7. The van der Waals surface area contributed by atoms with Gasteiger partial charge in [-0.05, 0) is 6.07 Å². The lowest BCUT2D eigenvalue weighted by molar-refractivity contribution is -0.384. The van der Waals surface area contributed by atoms with E-state index < -0.39 is 16.2 Å². The minimum absolute atomic E-state index is 0.169. The van der Waals surface area contributed by atoms with Gasteiger partial charge in [0.25, 0.3) is 5.69 Å². The van der Waals surface area contributed by atoms with Crippen molar-refractivity contribution in [2.24, 2.45) is 5.41 Å². The van der Waals surface area contributed by atoms with E-state index in [-0.39, 0.29) is 17.1 Å². The predicted octanol–water partition coefficient (Wildman–Crippen LogP) is 2.29. The molecule has 1 aromatic carbocycles. The number of carbonyl (C=O) groups is 1. The molecule has 0 aliphatic carbocycles. The van der Waals surface area contributed by atoms with E-state index in [4.69, 9.17) is 0 Å². The van der Waals surface area contributed by atoms with E-state index in [9.17, 15) is 20.0 Å². The SMILES string of the molecule is CC(C)(C)C(=O)Nc1c(O)cccc1[N+](=O)[O-]. The summed E-state index contributed by atoms with van der Waals surface area (Å²) >= 11 is 0. The van der Waals surface area contributed by atoms with Crippen LogP contribution in [0.1, 0.15) is 20.8 Å². The van der Waals surface area contributed by atoms with Crippen LogP contribution in [0.5, 0.6) is 5.75 Å². The molecule has 0 radical (unpaired) electrons. The van der Waals surface area contributed by atoms with Crippen LogP contribution in [0, 0.1) is 15.5 Å². The summed E-state index contributed by atoms with van der Waals surface area (Å²) in [6, 6.07) is 3.85. The highest BCUT2D eigenvalue weighted by molar-refractivity contribution is 5.97. The predicted molar refractivity (Wildman–Crippen MR) is 62.8 cm³/mol. The molecule has 0 saturated carbocycles. The first-order chi connectivity index (χ1) is 7.73. The monoisotopic (exact) mass is 238 g/mol. The summed E-state index contributed by atoms with van der Waals surface area (Å²) in [7, 11) is 0. The van der Waals surface area contributed by atoms with Crippen molar-refractivity contribution in [3.8, 4) is 5.75 Å². The average Bonchev–Trinajstić information content (AvgIpc) is 2.18. The molecule has 0 aliphatic heterocycles. The standard InChI is InChI=1S/C11H14N2O4/c1-11(2,3)10(15)12-9-7(13(16)17)5-4-6-8(9)14/h4-6,14H,1-3H3,(H,12,15). The van der Waals surface area contributed by atoms with Gasteiger partial charge in [0.2, 0.25) is 5.91 Å². The number of hydrogen-bond acceptors (Lipinski definition) is 4. The summed E-state index contributed by atoms with van der Waals surface area (Å²) < 4.78 is 0. The molecular formula is C11H14N2O4. The molecule has 0 aromatic heterocycles. The fourth-order valence-electron chi connectivity index (χ4n) is 1.11. The lowest BCUT2D eigenvalue weighted by Gasteiger charge is -2.18. The number of para-hydroxylation sites is 1. The van der Waals surface area contributed by atoms with E-state index in [1.54, 1.807) is 20.8 Å². The van der Waals surface area contributed by atoms with Crippen molar-refractivity contribution in [1.82, 2.24) is 0 Å². The lowest BCUT2D eigenvalue weighted by Crippen LogP contribution is -2.27. The van der Waals surface area contributed by atoms with Crippen LogP contribution >= 0.6 is 0 Å². The lowest BCUT2D eigenvalue weighted by atomic mass is 9.95. The third-order valence-corrected chi connectivity index (χ3v) is 2.14. The van der Waals surface area contributed by atoms with Gasteiger partial charge in [-0.2, -0.15) is 0 Å². The van der Waals surface area contributed by atoms with Crippen LogP contribution in [0.2, 0.25) is 0 Å². The number of phenols is 1. The Kier molecular flexibility index (Phi) is 3.36. The Balaban J connectivity index is 3.14. The molecule has 0 saturated heterocycles. The Labute approximate surface area is 98.4 Å². The minimum atomic E-state index is -0.698. The molecule has 0 bridgehead atoms. The Morgan fingerprint density at radius 3 is 2.47 bits per heavy atom. The van der Waals surface area contributed by atoms with Gasteiger partial charge in [-0.15, -0.1) is 0 Å². The number of nitro groups is 1. The van der Waals surface area contributed by atoms with Crippen LogP contribution in [0.25, 0.3) is 0 Å². The number of nitro benzene ring substituents is 1. The molecule has 92 valence electrons. The summed E-state index contributed by atoms with van der Waals surface area (Å²) in [5.74, 6) is -0.723. The van der Waals surface area contributed by atoms with Gasteiger partial charge in [-0.3, -0.25) is 14.9 Å². The fourth-order valence-corrected chi connectivity index (χ4v) is 1.11. The number of benzene rings is 1. The number of carbonyl (C=O) groups excluding carboxylic acids is 1. The van der Waals surface area contributed by atoms with Gasteiger partial charge in [0.05, 0.1) is 4.92 Å². The van der Waals surface area contributed by atoms with Crippen LogP contribution in [-0.2, 0) is 4.79 Å². The van der Waals surface area contributed by atoms with Crippen LogP contribution in [0.15, 0.2) is 18.2 Å². The third kappa shape index (κ3) is 2.93. The molecule has 6 nitrogen and oxygen atoms in total. The smallest absolute Gasteiger partial charge is 0.296 e. The van der Waals surface area contributed by atoms with Gasteiger partial charge in [-0.1, -0.05) is 26.8 Å². The van der Waals surface area contributed by atoms with E-state index in [2.05, 4.69) is 5.32 Å². The number of nitrogens with one attached hydrogen (secondary N) is 1. The van der Waals surface area contributed by atoms with Crippen molar-refractivity contribution in [1.29, 1.82) is 0 Å². The van der Waals surface area contributed by atoms with Crippen molar-refractivity contribution in [2.45, 2.75) is 20.8 Å². The molecule has 1 amide bonds. The number of phenolic OH excluding ortho intramolecular Hbond substituents is 1. The van der Waals surface area contributed by atoms with Crippen molar-refractivity contribution in [3.05, 3.63) is 28.3 Å². The quantitative estimate of drug-likeness (QED) is 0.469. The van der Waals surface area contributed by atoms with Gasteiger partial charge in [0.15, 0.2) is 5.69 Å². The second-order valence-electron chi connectivity index (χ2n) is 4.63. The zero-order valence-corrected chi connectivity index (χ0v) is 9.85. The highest BCUT2D eigenvalue weighted by Gasteiger charge is 2.26. The van der Waals surface area contributed by atoms with Gasteiger partial charge in [0.1, 0.15) is 5.75 Å². The first-order valence-corrected chi connectivity index (χ1v) is 5.01. The maximum atomic E-state index is 11.7. The van der Waals surface area contributed by atoms with Gasteiger partial charge in [-0.25, -0.2) is 0 Å². The molecule has 1 aromatic rings. The first-order valence-electron chi connectivity index (χ1n) is 5.01. The topological polar surface area (TPSA) is 92.5 Å². The zero-order valence-electron chi connectivity index (χ0n) is 9.85. The van der Waals surface area contributed by atoms with Gasteiger partial charge in [0, 0.05) is 11.5 Å². The highest BCUT2D eigenvalue weighted by atomic mass is 16.6. The zero-order chi connectivity index (χ0) is 13.2. The van der Waals surface area contributed by atoms with Crippen molar-refractivity contribution in [2.75, 3.05) is 5.32 Å². The van der Waals surface area contributed by atoms with E-state index >= 15 is 0 Å². The number of hydrogen-bond donors (Lipinski definition) is 2. The summed E-state index contributed by atoms with van der Waals surface area (Å²) in [6.45, 7) is 5.02. The number of amides is 1. The Hall–Kier alpha value is -2.11. The molecule has 0 spiro atoms. The molecule has 0 heterocycles. The van der Waals surface area contributed by atoms with Crippen molar-refractivity contribution >= 4 is 17.3 Å². The van der Waals surface area contributed by atoms with Crippen LogP contribution in [-0.4, -0.2) is 15.9 Å². The summed E-state index contributed by atoms with van der Waals surface area (Å²) in [4.78, 5) is 21.8. The first kappa shape index (κ1) is 13.0. The molecule has 0 fully saturated rings. The second kappa shape index (κ2) is 4.40. The number of nitrogens with zero attached hydrogens (tertiary/aromatic N) is 1. The summed E-state index contributed by atoms with van der Waals surface area (Å²) in [5.41, 5.74) is -1.20. The minimum Gasteiger partial charge on any atom is -0.505 e. The molecular weight excluding hydrogens is 224 g/mol. The van der Waals surface area contributed by atoms with Crippen LogP contribution in [0.4, 0.5) is 11.4 Å². The van der Waals surface area contributed by atoms with E-state index in [1.807, 2.05) is 0 Å². The second-order valence-corrected chi connectivity index (χ2v) is 4.63. The van der Waals surface area contributed by atoms with E-state index in [1.165, 1.54) is 18.2 Å². The molecule has 0 unspecified atom stereocenters. The molecule has 0 atom stereocenters. The molecule has 0 aliphatic rings. The molecule has 1 rings (SSSR count). The largest absolute Gasteiger partial charge is 0.505 e. The Morgan fingerprint density at radius 2 is 2.00 bits per heavy atom. The van der Waals surface area contributed by atoms with Gasteiger partial charge < -0.3 is 10.4 Å². The number of anilines is 1. The highest BCUT2D eigenvalue weighted by Crippen LogP contribution is 2.34. The molecule has 17 heavy (non-hydrogen) atoms. The van der Waals surface area contributed by atoms with E-state index in [0.29, 0.717) is 0 Å². The maximum absolute atomic E-state index is 11.7. The summed E-state index contributed by atoms with van der Waals surface area (Å²) in [6.07, 6.45) is 0. The third-order valence-electron chi connectivity index (χ3n) is 2.14. The van der Waals surface area contributed by atoms with E-state index in [0.717, 1.165) is 0 Å².